The van der Waals surface area contributed by atoms with Crippen LogP contribution in [-0.2, 0) is 20.6 Å². The van der Waals surface area contributed by atoms with Gasteiger partial charge in [-0.15, -0.1) is 0 Å². The Hall–Kier alpha value is -1.87. The highest BCUT2D eigenvalue weighted by atomic mass is 35.5. The summed E-state index contributed by atoms with van der Waals surface area (Å²) in [7, 11) is -3.51. The van der Waals surface area contributed by atoms with Crippen LogP contribution in [0.4, 0.5) is 4.39 Å². The number of sulfonamides is 1. The molecule has 0 aliphatic heterocycles. The first kappa shape index (κ1) is 21.4. The van der Waals surface area contributed by atoms with E-state index in [0.717, 1.165) is 6.07 Å². The number of hydrogen-bond donors (Lipinski definition) is 2. The summed E-state index contributed by atoms with van der Waals surface area (Å²) in [6, 6.07) is 10.6. The zero-order valence-electron chi connectivity index (χ0n) is 15.8. The lowest BCUT2D eigenvalue weighted by Gasteiger charge is -2.70. The lowest BCUT2D eigenvalue weighted by atomic mass is 9.44. The number of benzene rings is 2. The van der Waals surface area contributed by atoms with E-state index in [1.807, 2.05) is 0 Å². The molecular weight excluding hydrogens is 454 g/mol. The van der Waals surface area contributed by atoms with E-state index in [4.69, 9.17) is 27.9 Å². The topological polar surface area (TPSA) is 84.5 Å². The normalized spacial score (nSPS) is 24.5. The smallest absolute Gasteiger partial charge is 0.258 e. The second-order valence-corrected chi connectivity index (χ2v) is 10.6. The van der Waals surface area contributed by atoms with Gasteiger partial charge in [-0.3, -0.25) is 4.79 Å². The predicted molar refractivity (Wildman–Crippen MR) is 112 cm³/mol. The minimum absolute atomic E-state index is 0.0236. The molecule has 2 N–H and O–H groups in total. The van der Waals surface area contributed by atoms with Crippen molar-refractivity contribution in [2.45, 2.75) is 36.1 Å². The molecular formula is C20H19Cl2FN2O4S. The second-order valence-electron chi connectivity index (χ2n) is 7.99. The Bertz CT molecular complexity index is 1070. The summed E-state index contributed by atoms with van der Waals surface area (Å²) in [6.07, 6.45) is 1.59. The number of halogens is 3. The zero-order valence-corrected chi connectivity index (χ0v) is 18.1. The molecule has 3 fully saturated rings. The van der Waals surface area contributed by atoms with Crippen LogP contribution >= 0.6 is 23.2 Å². The van der Waals surface area contributed by atoms with Gasteiger partial charge in [-0.25, -0.2) is 17.5 Å². The van der Waals surface area contributed by atoms with Gasteiger partial charge < -0.3 is 10.1 Å². The van der Waals surface area contributed by atoms with Crippen LogP contribution in [0.3, 0.4) is 0 Å². The molecule has 0 saturated heterocycles. The minimum Gasteiger partial charge on any atom is -0.484 e. The van der Waals surface area contributed by atoms with Crippen molar-refractivity contribution in [1.29, 1.82) is 0 Å². The van der Waals surface area contributed by atoms with E-state index < -0.39 is 26.9 Å². The van der Waals surface area contributed by atoms with Crippen molar-refractivity contribution in [2.75, 3.05) is 6.61 Å². The summed E-state index contributed by atoms with van der Waals surface area (Å²) < 4.78 is 46.4. The molecule has 3 saturated carbocycles. The molecule has 0 unspecified atom stereocenters. The molecule has 3 aliphatic rings. The maximum atomic E-state index is 13.4. The molecule has 3 aliphatic carbocycles. The van der Waals surface area contributed by atoms with Crippen LogP contribution < -0.4 is 14.8 Å². The Morgan fingerprint density at radius 1 is 1.07 bits per heavy atom. The quantitative estimate of drug-likeness (QED) is 0.616. The molecule has 0 radical (unpaired) electrons. The van der Waals surface area contributed by atoms with Gasteiger partial charge in [0.1, 0.15) is 11.6 Å². The summed E-state index contributed by atoms with van der Waals surface area (Å²) in [5.74, 6) is -0.892. The number of amides is 1. The van der Waals surface area contributed by atoms with E-state index in [2.05, 4.69) is 10.0 Å². The van der Waals surface area contributed by atoms with E-state index >= 15 is 0 Å². The Balaban J connectivity index is 1.24. The molecule has 0 atom stereocenters. The third kappa shape index (κ3) is 4.56. The first-order valence-corrected chi connectivity index (χ1v) is 11.6. The molecule has 2 aromatic rings. The highest BCUT2D eigenvalue weighted by Crippen LogP contribution is 2.60. The fourth-order valence-corrected chi connectivity index (χ4v) is 6.07. The summed E-state index contributed by atoms with van der Waals surface area (Å²) in [6.45, 7) is -0.266. The summed E-state index contributed by atoms with van der Waals surface area (Å²) in [5, 5.41) is 3.41. The van der Waals surface area contributed by atoms with Crippen molar-refractivity contribution in [1.82, 2.24) is 10.0 Å². The van der Waals surface area contributed by atoms with E-state index in [1.54, 1.807) is 24.3 Å². The molecule has 0 aromatic heterocycles. The maximum Gasteiger partial charge on any atom is 0.258 e. The van der Waals surface area contributed by atoms with Gasteiger partial charge in [-0.1, -0.05) is 35.3 Å². The van der Waals surface area contributed by atoms with E-state index in [0.29, 0.717) is 29.8 Å². The first-order chi connectivity index (χ1) is 14.1. The van der Waals surface area contributed by atoms with Crippen molar-refractivity contribution in [3.05, 3.63) is 63.9 Å². The fourth-order valence-electron chi connectivity index (χ4n) is 4.24. The fraction of sp³-hybridized carbons (Fsp3) is 0.350. The van der Waals surface area contributed by atoms with Gasteiger partial charge >= 0.3 is 0 Å². The summed E-state index contributed by atoms with van der Waals surface area (Å²) in [5.41, 5.74) is -0.259. The Morgan fingerprint density at radius 3 is 2.37 bits per heavy atom. The Labute approximate surface area is 183 Å². The van der Waals surface area contributed by atoms with Gasteiger partial charge in [0.2, 0.25) is 10.0 Å². The number of hydrogen-bond acceptors (Lipinski definition) is 4. The predicted octanol–water partition coefficient (Wildman–Crippen LogP) is 3.42. The number of carbonyl (C=O) groups excluding carboxylic acids is 1. The lowest BCUT2D eigenvalue weighted by Crippen LogP contribution is -2.83. The average Bonchev–Trinajstić information content (AvgIpc) is 2.61. The van der Waals surface area contributed by atoms with Crippen molar-refractivity contribution in [3.63, 3.8) is 0 Å². The second kappa shape index (κ2) is 7.67. The van der Waals surface area contributed by atoms with Crippen LogP contribution in [0, 0.1) is 5.82 Å². The average molecular weight is 473 g/mol. The Kier molecular flexibility index (Phi) is 5.47. The molecule has 0 spiro atoms. The van der Waals surface area contributed by atoms with Crippen molar-refractivity contribution >= 4 is 39.1 Å². The van der Waals surface area contributed by atoms with Gasteiger partial charge in [0.05, 0.1) is 10.8 Å². The third-order valence-electron chi connectivity index (χ3n) is 5.34. The molecule has 10 heteroatoms. The largest absolute Gasteiger partial charge is 0.484 e. The van der Waals surface area contributed by atoms with Gasteiger partial charge in [0.25, 0.3) is 5.91 Å². The molecule has 5 rings (SSSR count). The van der Waals surface area contributed by atoms with Crippen LogP contribution in [0.2, 0.25) is 10.0 Å². The van der Waals surface area contributed by atoms with E-state index in [-0.39, 0.29) is 29.0 Å². The van der Waals surface area contributed by atoms with Crippen LogP contribution in [-0.4, -0.2) is 32.0 Å². The lowest BCUT2D eigenvalue weighted by molar-refractivity contribution is -0.139. The molecule has 2 aromatic carbocycles. The van der Waals surface area contributed by atoms with Gasteiger partial charge in [-0.2, -0.15) is 0 Å². The monoisotopic (exact) mass is 472 g/mol. The number of rotatable bonds is 8. The van der Waals surface area contributed by atoms with Crippen LogP contribution in [0.25, 0.3) is 0 Å². The van der Waals surface area contributed by atoms with Crippen LogP contribution in [0.15, 0.2) is 42.5 Å². The van der Waals surface area contributed by atoms with Crippen molar-refractivity contribution in [3.8, 4) is 5.75 Å². The molecule has 6 nitrogen and oxygen atoms in total. The number of ether oxygens (including phenoxy) is 1. The maximum absolute atomic E-state index is 13.4. The number of nitrogens with one attached hydrogen (secondary N) is 2. The molecule has 1 amide bonds. The summed E-state index contributed by atoms with van der Waals surface area (Å²) >= 11 is 11.4. The SMILES string of the molecule is O=C(COc1ccc(Cl)c(F)c1)NC12CC(NS(=O)(=O)Cc3ccc(Cl)cc3)(C1)C2. The standard InChI is InChI=1S/C20H19Cl2FN2O4S/c21-14-3-1-13(2-4-14)9-30(27,28)25-20-10-19(11-20,12-20)24-18(26)8-29-15-5-6-16(22)17(23)7-15/h1-7,25H,8-12H2,(H,24,26). The zero-order chi connectivity index (χ0) is 21.6. The van der Waals surface area contributed by atoms with E-state index in [9.17, 15) is 17.6 Å². The molecule has 2 bridgehead atoms. The highest BCUT2D eigenvalue weighted by molar-refractivity contribution is 7.88. The van der Waals surface area contributed by atoms with Crippen LogP contribution in [0.1, 0.15) is 24.8 Å². The van der Waals surface area contributed by atoms with Crippen molar-refractivity contribution < 1.29 is 22.3 Å². The minimum atomic E-state index is -3.51. The summed E-state index contributed by atoms with van der Waals surface area (Å²) in [4.78, 5) is 12.2. The van der Waals surface area contributed by atoms with Crippen LogP contribution in [0.5, 0.6) is 5.75 Å². The first-order valence-electron chi connectivity index (χ1n) is 9.23. The van der Waals surface area contributed by atoms with Gasteiger partial charge in [0.15, 0.2) is 6.61 Å². The molecule has 160 valence electrons. The van der Waals surface area contributed by atoms with E-state index in [1.165, 1.54) is 12.1 Å². The van der Waals surface area contributed by atoms with Crippen molar-refractivity contribution in [2.24, 2.45) is 0 Å². The molecule has 30 heavy (non-hydrogen) atoms. The Morgan fingerprint density at radius 2 is 1.73 bits per heavy atom. The highest BCUT2D eigenvalue weighted by Gasteiger charge is 2.69. The van der Waals surface area contributed by atoms with Gasteiger partial charge in [0, 0.05) is 22.2 Å². The third-order valence-corrected chi connectivity index (χ3v) is 7.35. The molecule has 0 heterocycles. The van der Waals surface area contributed by atoms with Gasteiger partial charge in [-0.05, 0) is 49.1 Å². The number of carbonyl (C=O) groups is 1.